The van der Waals surface area contributed by atoms with Crippen molar-refractivity contribution in [2.45, 2.75) is 6.61 Å². The van der Waals surface area contributed by atoms with Gasteiger partial charge in [0.05, 0.1) is 18.7 Å². The lowest BCUT2D eigenvalue weighted by Gasteiger charge is -2.06. The average molecular weight is 310 g/mol. The van der Waals surface area contributed by atoms with Crippen LogP contribution < -0.4 is 9.47 Å². The normalized spacial score (nSPS) is 11.2. The minimum atomic E-state index is 0.280. The molecule has 0 unspecified atom stereocenters. The first-order chi connectivity index (χ1) is 11.3. The summed E-state index contributed by atoms with van der Waals surface area (Å²) in [5.41, 5.74) is 1.48. The molecule has 0 aliphatic rings. The summed E-state index contributed by atoms with van der Waals surface area (Å²) >= 11 is 0. The molecule has 3 heterocycles. The lowest BCUT2D eigenvalue weighted by Crippen LogP contribution is -2.02. The minimum Gasteiger partial charge on any atom is -0.497 e. The van der Waals surface area contributed by atoms with Gasteiger partial charge in [0.25, 0.3) is 0 Å². The van der Waals surface area contributed by atoms with Crippen LogP contribution in [-0.2, 0) is 13.7 Å². The molecule has 0 saturated carbocycles. The molecule has 23 heavy (non-hydrogen) atoms. The van der Waals surface area contributed by atoms with Crippen molar-refractivity contribution in [2.24, 2.45) is 7.05 Å². The van der Waals surface area contributed by atoms with Gasteiger partial charge >= 0.3 is 0 Å². The largest absolute Gasteiger partial charge is 0.497 e. The fourth-order valence-corrected chi connectivity index (χ4v) is 2.42. The zero-order chi connectivity index (χ0) is 15.8. The Labute approximate surface area is 131 Å². The van der Waals surface area contributed by atoms with Crippen LogP contribution in [0.15, 0.2) is 36.8 Å². The van der Waals surface area contributed by atoms with Crippen molar-refractivity contribution in [3.8, 4) is 11.5 Å². The number of aryl methyl sites for hydroxylation is 1. The van der Waals surface area contributed by atoms with Gasteiger partial charge in [-0.25, -0.2) is 4.98 Å². The van der Waals surface area contributed by atoms with E-state index in [-0.39, 0.29) is 6.61 Å². The van der Waals surface area contributed by atoms with Gasteiger partial charge in [-0.15, -0.1) is 10.2 Å². The second kappa shape index (κ2) is 5.24. The predicted octanol–water partition coefficient (Wildman–Crippen LogP) is 1.60. The van der Waals surface area contributed by atoms with Crippen LogP contribution in [-0.4, -0.2) is 36.5 Å². The smallest absolute Gasteiger partial charge is 0.176 e. The Balaban J connectivity index is 1.65. The summed E-state index contributed by atoms with van der Waals surface area (Å²) in [5.74, 6) is 2.12. The van der Waals surface area contributed by atoms with E-state index in [1.54, 1.807) is 24.3 Å². The SMILES string of the molecule is COc1cccc(OCc2nnc3c4cnn(C)c4ncn23)c1. The number of methoxy groups -OCH3 is 1. The molecule has 0 atom stereocenters. The second-order valence-electron chi connectivity index (χ2n) is 5.03. The van der Waals surface area contributed by atoms with Crippen LogP contribution in [0.3, 0.4) is 0 Å². The molecule has 1 aromatic carbocycles. The number of hydrogen-bond donors (Lipinski definition) is 0. The Morgan fingerprint density at radius 3 is 2.87 bits per heavy atom. The maximum absolute atomic E-state index is 5.77. The summed E-state index contributed by atoms with van der Waals surface area (Å²) in [7, 11) is 3.46. The number of rotatable bonds is 4. The van der Waals surface area contributed by atoms with Crippen LogP contribution in [0.25, 0.3) is 16.7 Å². The van der Waals surface area contributed by atoms with Crippen LogP contribution >= 0.6 is 0 Å². The summed E-state index contributed by atoms with van der Waals surface area (Å²) in [6.07, 6.45) is 3.42. The van der Waals surface area contributed by atoms with Crippen molar-refractivity contribution >= 4 is 16.7 Å². The van der Waals surface area contributed by atoms with E-state index in [1.165, 1.54) is 0 Å². The summed E-state index contributed by atoms with van der Waals surface area (Å²) in [4.78, 5) is 4.39. The lowest BCUT2D eigenvalue weighted by molar-refractivity contribution is 0.292. The second-order valence-corrected chi connectivity index (χ2v) is 5.03. The van der Waals surface area contributed by atoms with Crippen LogP contribution in [0.1, 0.15) is 5.82 Å². The van der Waals surface area contributed by atoms with E-state index in [0.29, 0.717) is 17.2 Å². The van der Waals surface area contributed by atoms with Crippen LogP contribution in [0, 0.1) is 0 Å². The first-order valence-electron chi connectivity index (χ1n) is 7.03. The summed E-state index contributed by atoms with van der Waals surface area (Å²) in [6, 6.07) is 7.42. The van der Waals surface area contributed by atoms with Gasteiger partial charge in [-0.1, -0.05) is 6.07 Å². The molecule has 116 valence electrons. The Hall–Kier alpha value is -3.16. The van der Waals surface area contributed by atoms with Crippen LogP contribution in [0.5, 0.6) is 11.5 Å². The maximum Gasteiger partial charge on any atom is 0.176 e. The predicted molar refractivity (Wildman–Crippen MR) is 82.4 cm³/mol. The Kier molecular flexibility index (Phi) is 3.07. The molecule has 4 aromatic rings. The Morgan fingerprint density at radius 2 is 2.00 bits per heavy atom. The molecule has 0 aliphatic carbocycles. The topological polar surface area (TPSA) is 79.4 Å². The number of benzene rings is 1. The van der Waals surface area contributed by atoms with Crippen molar-refractivity contribution in [1.29, 1.82) is 0 Å². The molecular formula is C15H14N6O2. The monoisotopic (exact) mass is 310 g/mol. The third kappa shape index (κ3) is 2.24. The average Bonchev–Trinajstić information content (AvgIpc) is 3.17. The van der Waals surface area contributed by atoms with Crippen molar-refractivity contribution < 1.29 is 9.47 Å². The molecule has 8 heteroatoms. The number of ether oxygens (including phenoxy) is 2. The molecule has 3 aromatic heterocycles. The summed E-state index contributed by atoms with van der Waals surface area (Å²) in [5, 5.41) is 13.5. The van der Waals surface area contributed by atoms with Gasteiger partial charge in [0.1, 0.15) is 24.4 Å². The highest BCUT2D eigenvalue weighted by atomic mass is 16.5. The fourth-order valence-electron chi connectivity index (χ4n) is 2.42. The number of aromatic nitrogens is 6. The number of nitrogens with zero attached hydrogens (tertiary/aromatic N) is 6. The van der Waals surface area contributed by atoms with Gasteiger partial charge in [0.15, 0.2) is 17.1 Å². The highest BCUT2D eigenvalue weighted by Crippen LogP contribution is 2.20. The van der Waals surface area contributed by atoms with Gasteiger partial charge in [-0.3, -0.25) is 9.08 Å². The van der Waals surface area contributed by atoms with E-state index < -0.39 is 0 Å². The number of fused-ring (bicyclic) bond motifs is 3. The summed E-state index contributed by atoms with van der Waals surface area (Å²) in [6.45, 7) is 0.280. The Bertz CT molecular complexity index is 990. The quantitative estimate of drug-likeness (QED) is 0.569. The van der Waals surface area contributed by atoms with Crippen molar-refractivity contribution in [3.05, 3.63) is 42.6 Å². The molecule has 0 fully saturated rings. The molecule has 0 N–H and O–H groups in total. The lowest BCUT2D eigenvalue weighted by atomic mass is 10.3. The van der Waals surface area contributed by atoms with Gasteiger partial charge in [0, 0.05) is 13.1 Å². The van der Waals surface area contributed by atoms with E-state index in [2.05, 4.69) is 20.3 Å². The zero-order valence-corrected chi connectivity index (χ0v) is 12.7. The molecule has 0 spiro atoms. The third-order valence-corrected chi connectivity index (χ3v) is 3.62. The molecule has 8 nitrogen and oxygen atoms in total. The third-order valence-electron chi connectivity index (χ3n) is 3.62. The molecule has 4 rings (SSSR count). The van der Waals surface area contributed by atoms with Gasteiger partial charge in [-0.05, 0) is 12.1 Å². The zero-order valence-electron chi connectivity index (χ0n) is 12.7. The first kappa shape index (κ1) is 13.5. The molecule has 0 bridgehead atoms. The molecular weight excluding hydrogens is 296 g/mol. The van der Waals surface area contributed by atoms with E-state index >= 15 is 0 Å². The van der Waals surface area contributed by atoms with E-state index in [9.17, 15) is 0 Å². The molecule has 0 amide bonds. The van der Waals surface area contributed by atoms with Gasteiger partial charge in [-0.2, -0.15) is 5.10 Å². The fraction of sp³-hybridized carbons (Fsp3) is 0.200. The highest BCUT2D eigenvalue weighted by molar-refractivity contribution is 5.88. The van der Waals surface area contributed by atoms with Gasteiger partial charge < -0.3 is 9.47 Å². The van der Waals surface area contributed by atoms with Crippen LogP contribution in [0.2, 0.25) is 0 Å². The molecule has 0 radical (unpaired) electrons. The van der Waals surface area contributed by atoms with E-state index in [1.807, 2.05) is 35.7 Å². The van der Waals surface area contributed by atoms with Crippen molar-refractivity contribution in [2.75, 3.05) is 7.11 Å². The Morgan fingerprint density at radius 1 is 1.13 bits per heavy atom. The molecule has 0 aliphatic heterocycles. The van der Waals surface area contributed by atoms with E-state index in [4.69, 9.17) is 9.47 Å². The standard InChI is InChI=1S/C15H14N6O2/c1-20-14-12(7-17-20)15-19-18-13(21(15)9-16-14)8-23-11-5-3-4-10(6-11)22-2/h3-7,9H,8H2,1-2H3. The van der Waals surface area contributed by atoms with E-state index in [0.717, 1.165) is 16.8 Å². The number of hydrogen-bond acceptors (Lipinski definition) is 6. The van der Waals surface area contributed by atoms with Crippen LogP contribution in [0.4, 0.5) is 0 Å². The maximum atomic E-state index is 5.77. The molecule has 0 saturated heterocycles. The first-order valence-corrected chi connectivity index (χ1v) is 7.03. The van der Waals surface area contributed by atoms with Crippen molar-refractivity contribution in [3.63, 3.8) is 0 Å². The summed E-state index contributed by atoms with van der Waals surface area (Å²) < 4.78 is 14.5. The van der Waals surface area contributed by atoms with Gasteiger partial charge in [0.2, 0.25) is 0 Å². The highest BCUT2D eigenvalue weighted by Gasteiger charge is 2.12. The minimum absolute atomic E-state index is 0.280. The van der Waals surface area contributed by atoms with Crippen molar-refractivity contribution in [1.82, 2.24) is 29.4 Å².